The second-order valence-electron chi connectivity index (χ2n) is 8.11. The lowest BCUT2D eigenvalue weighted by Gasteiger charge is -2.48. The fourth-order valence-electron chi connectivity index (χ4n) is 3.68. The van der Waals surface area contributed by atoms with Gasteiger partial charge in [0.15, 0.2) is 11.4 Å². The molecule has 0 aromatic heterocycles. The van der Waals surface area contributed by atoms with Crippen LogP contribution in [0.5, 0.6) is 0 Å². The van der Waals surface area contributed by atoms with Gasteiger partial charge in [-0.15, -0.1) is 0 Å². The van der Waals surface area contributed by atoms with Crippen LogP contribution >= 0.6 is 0 Å². The highest BCUT2D eigenvalue weighted by atomic mass is 19.4. The molecule has 5 nitrogen and oxygen atoms in total. The van der Waals surface area contributed by atoms with Crippen LogP contribution in [0.15, 0.2) is 23.3 Å². The van der Waals surface area contributed by atoms with E-state index in [1.54, 1.807) is 26.8 Å². The fraction of sp³-hybridized carbons (Fsp3) is 0.667. The van der Waals surface area contributed by atoms with Gasteiger partial charge < -0.3 is 19.3 Å². The van der Waals surface area contributed by atoms with E-state index in [1.807, 2.05) is 19.8 Å². The van der Waals surface area contributed by atoms with E-state index in [2.05, 4.69) is 10.7 Å². The van der Waals surface area contributed by atoms with E-state index in [0.717, 1.165) is 0 Å². The maximum absolute atomic E-state index is 13.3. The second kappa shape index (κ2) is 7.78. The van der Waals surface area contributed by atoms with E-state index in [-0.39, 0.29) is 25.2 Å². The van der Waals surface area contributed by atoms with Crippen molar-refractivity contribution < 1.29 is 37.3 Å². The molecule has 1 aliphatic carbocycles. The number of carbonyl (C=O) groups is 1. The van der Waals surface area contributed by atoms with E-state index >= 15 is 0 Å². The Bertz CT molecular complexity index is 774. The Balaban J connectivity index is 2.47. The minimum Gasteiger partial charge on any atom is -0.463 e. The van der Waals surface area contributed by atoms with Gasteiger partial charge in [0.2, 0.25) is 0 Å². The summed E-state index contributed by atoms with van der Waals surface area (Å²) in [5, 5.41) is 11.2. The zero-order valence-electron chi connectivity index (χ0n) is 17.4. The SMILES string of the molecule is CCOC(=O)/C=C(\C#CC1(O)C(C)=CC2(CC1(C)C)OC(C)C(C)O2)C(F)(F)F. The van der Waals surface area contributed by atoms with Gasteiger partial charge >= 0.3 is 12.1 Å². The van der Waals surface area contributed by atoms with Gasteiger partial charge in [-0.05, 0) is 39.3 Å². The summed E-state index contributed by atoms with van der Waals surface area (Å²) in [5.74, 6) is 2.10. The summed E-state index contributed by atoms with van der Waals surface area (Å²) in [6.07, 6.45) is -3.14. The number of hydrogen-bond donors (Lipinski definition) is 1. The zero-order valence-corrected chi connectivity index (χ0v) is 17.4. The largest absolute Gasteiger partial charge is 0.463 e. The van der Waals surface area contributed by atoms with E-state index in [1.165, 1.54) is 6.92 Å². The van der Waals surface area contributed by atoms with Crippen LogP contribution in [-0.2, 0) is 19.0 Å². The number of aliphatic hydroxyl groups is 1. The third-order valence-electron chi connectivity index (χ3n) is 5.34. The van der Waals surface area contributed by atoms with Crippen LogP contribution in [0.1, 0.15) is 48.0 Å². The number of ether oxygens (including phenoxy) is 3. The molecule has 0 bridgehead atoms. The third kappa shape index (κ3) is 4.68. The van der Waals surface area contributed by atoms with E-state index < -0.39 is 34.5 Å². The number of alkyl halides is 3. The summed E-state index contributed by atoms with van der Waals surface area (Å²) < 4.78 is 56.3. The highest BCUT2D eigenvalue weighted by molar-refractivity contribution is 5.84. The first kappa shape index (κ1) is 23.5. The van der Waals surface area contributed by atoms with Crippen molar-refractivity contribution in [2.45, 2.75) is 77.7 Å². The molecule has 1 N–H and O–H groups in total. The Morgan fingerprint density at radius 3 is 2.34 bits per heavy atom. The smallest absolute Gasteiger partial charge is 0.424 e. The van der Waals surface area contributed by atoms with Gasteiger partial charge in [-0.1, -0.05) is 25.7 Å². The first-order chi connectivity index (χ1) is 13.2. The molecule has 1 fully saturated rings. The van der Waals surface area contributed by atoms with Crippen molar-refractivity contribution in [3.8, 4) is 11.8 Å². The predicted octanol–water partition coefficient (Wildman–Crippen LogP) is 3.67. The van der Waals surface area contributed by atoms with Gasteiger partial charge in [0.1, 0.15) is 5.57 Å². The summed E-state index contributed by atoms with van der Waals surface area (Å²) in [6, 6.07) is 0. The molecule has 0 amide bonds. The minimum atomic E-state index is -4.86. The summed E-state index contributed by atoms with van der Waals surface area (Å²) in [7, 11) is 0. The summed E-state index contributed by atoms with van der Waals surface area (Å²) in [6.45, 7) is 10.1. The van der Waals surface area contributed by atoms with Crippen molar-refractivity contribution in [3.63, 3.8) is 0 Å². The predicted molar refractivity (Wildman–Crippen MR) is 99.5 cm³/mol. The molecule has 1 spiro atoms. The summed E-state index contributed by atoms with van der Waals surface area (Å²) >= 11 is 0. The van der Waals surface area contributed by atoms with Crippen molar-refractivity contribution in [3.05, 3.63) is 23.3 Å². The number of allylic oxidation sites excluding steroid dienone is 1. The molecule has 0 aromatic rings. The van der Waals surface area contributed by atoms with Gasteiger partial charge in [-0.3, -0.25) is 0 Å². The number of carbonyl (C=O) groups excluding carboxylic acids is 1. The van der Waals surface area contributed by atoms with Gasteiger partial charge in [-0.2, -0.15) is 13.2 Å². The van der Waals surface area contributed by atoms with Crippen LogP contribution in [-0.4, -0.2) is 47.5 Å². The van der Waals surface area contributed by atoms with Crippen LogP contribution < -0.4 is 0 Å². The molecule has 0 radical (unpaired) electrons. The van der Waals surface area contributed by atoms with Crippen LogP contribution in [0.25, 0.3) is 0 Å². The standard InChI is InChI=1S/C21H27F3O5/c1-7-27-17(25)10-16(21(22,23)24)8-9-20(26)13(2)11-19(12-18(20,5)6)28-14(3)15(4)29-19/h10-11,14-15,26H,7,12H2,1-6H3/b16-10+. The van der Waals surface area contributed by atoms with Gasteiger partial charge in [0, 0.05) is 17.9 Å². The lowest BCUT2D eigenvalue weighted by Crippen LogP contribution is -2.53. The normalized spacial score (nSPS) is 34.4. The van der Waals surface area contributed by atoms with Gasteiger partial charge in [-0.25, -0.2) is 4.79 Å². The number of esters is 1. The highest BCUT2D eigenvalue weighted by Gasteiger charge is 2.57. The van der Waals surface area contributed by atoms with E-state index in [9.17, 15) is 23.1 Å². The maximum atomic E-state index is 13.3. The molecular weight excluding hydrogens is 389 g/mol. The maximum Gasteiger partial charge on any atom is 0.424 e. The molecule has 3 unspecified atom stereocenters. The van der Waals surface area contributed by atoms with Crippen LogP contribution in [0.4, 0.5) is 13.2 Å². The van der Waals surface area contributed by atoms with E-state index in [0.29, 0.717) is 11.6 Å². The molecule has 0 aromatic carbocycles. The van der Waals surface area contributed by atoms with Gasteiger partial charge in [0.25, 0.3) is 0 Å². The van der Waals surface area contributed by atoms with Crippen molar-refractivity contribution in [2.24, 2.45) is 5.41 Å². The Morgan fingerprint density at radius 1 is 1.34 bits per heavy atom. The fourth-order valence-corrected chi connectivity index (χ4v) is 3.68. The molecule has 2 rings (SSSR count). The molecule has 3 atom stereocenters. The molecule has 1 heterocycles. The summed E-state index contributed by atoms with van der Waals surface area (Å²) in [5.41, 5.74) is -3.94. The summed E-state index contributed by atoms with van der Waals surface area (Å²) in [4.78, 5) is 11.5. The Morgan fingerprint density at radius 2 is 1.90 bits per heavy atom. The van der Waals surface area contributed by atoms with Crippen molar-refractivity contribution in [2.75, 3.05) is 6.61 Å². The average molecular weight is 416 g/mol. The zero-order chi connectivity index (χ0) is 22.3. The second-order valence-corrected chi connectivity index (χ2v) is 8.11. The molecule has 162 valence electrons. The van der Waals surface area contributed by atoms with Crippen LogP contribution in [0.2, 0.25) is 0 Å². The first-order valence-electron chi connectivity index (χ1n) is 9.42. The molecular formula is C21H27F3O5. The Hall–Kier alpha value is -1.82. The lowest BCUT2D eigenvalue weighted by molar-refractivity contribution is -0.182. The van der Waals surface area contributed by atoms with Crippen molar-refractivity contribution in [1.29, 1.82) is 0 Å². The molecule has 1 saturated heterocycles. The van der Waals surface area contributed by atoms with E-state index in [4.69, 9.17) is 9.47 Å². The Labute approximate surface area is 168 Å². The molecule has 1 aliphatic heterocycles. The molecule has 29 heavy (non-hydrogen) atoms. The van der Waals surface area contributed by atoms with Crippen molar-refractivity contribution in [1.82, 2.24) is 0 Å². The van der Waals surface area contributed by atoms with Gasteiger partial charge in [0.05, 0.1) is 18.8 Å². The topological polar surface area (TPSA) is 65.0 Å². The lowest BCUT2D eigenvalue weighted by atomic mass is 9.63. The monoisotopic (exact) mass is 416 g/mol. The Kier molecular flexibility index (Phi) is 6.30. The minimum absolute atomic E-state index is 0.0638. The first-order valence-corrected chi connectivity index (χ1v) is 9.42. The van der Waals surface area contributed by atoms with Crippen LogP contribution in [0, 0.1) is 17.3 Å². The molecule has 2 aliphatic rings. The quantitative estimate of drug-likeness (QED) is 0.322. The molecule has 8 heteroatoms. The molecule has 0 saturated carbocycles. The number of halogens is 3. The average Bonchev–Trinajstić information content (AvgIpc) is 2.81. The third-order valence-corrected chi connectivity index (χ3v) is 5.34. The van der Waals surface area contributed by atoms with Crippen molar-refractivity contribution >= 4 is 5.97 Å². The van der Waals surface area contributed by atoms with Crippen LogP contribution in [0.3, 0.4) is 0 Å². The highest BCUT2D eigenvalue weighted by Crippen LogP contribution is 2.51. The number of rotatable bonds is 2. The number of hydrogen-bond acceptors (Lipinski definition) is 5.